The molecule has 2 aliphatic carbocycles. The van der Waals surface area contributed by atoms with Crippen molar-refractivity contribution in [2.24, 2.45) is 17.8 Å². The molecule has 0 aromatic carbocycles. The lowest BCUT2D eigenvalue weighted by Crippen LogP contribution is -2.33. The van der Waals surface area contributed by atoms with Crippen molar-refractivity contribution in [1.82, 2.24) is 9.88 Å². The predicted octanol–water partition coefficient (Wildman–Crippen LogP) is 2.09. The third kappa shape index (κ3) is 3.04. The zero-order valence-electron chi connectivity index (χ0n) is 11.3. The number of allylic oxidation sites excluding steroid dienone is 2. The Hall–Kier alpha value is -1.19. The Bertz CT molecular complexity index is 432. The maximum atomic E-state index is 9.25. The quantitative estimate of drug-likeness (QED) is 0.794. The molecule has 0 radical (unpaired) electrons. The third-order valence-electron chi connectivity index (χ3n) is 4.45. The Morgan fingerprint density at radius 3 is 2.89 bits per heavy atom. The fourth-order valence-corrected chi connectivity index (χ4v) is 3.56. The zero-order chi connectivity index (χ0) is 13.1. The van der Waals surface area contributed by atoms with Gasteiger partial charge in [0.15, 0.2) is 0 Å². The Kier molecular flexibility index (Phi) is 3.95. The van der Waals surface area contributed by atoms with Crippen molar-refractivity contribution < 1.29 is 5.11 Å². The number of aliphatic hydroxyl groups excluding tert-OH is 1. The molecule has 0 amide bonds. The first kappa shape index (κ1) is 12.8. The number of aromatic nitrogens is 1. The smallest absolute Gasteiger partial charge is 0.0558 e. The molecule has 1 saturated carbocycles. The van der Waals surface area contributed by atoms with Gasteiger partial charge in [-0.15, -0.1) is 0 Å². The predicted molar refractivity (Wildman–Crippen MR) is 75.4 cm³/mol. The molecule has 19 heavy (non-hydrogen) atoms. The van der Waals surface area contributed by atoms with E-state index in [1.807, 2.05) is 12.3 Å². The van der Waals surface area contributed by atoms with Crippen molar-refractivity contribution in [2.75, 3.05) is 19.7 Å². The fraction of sp³-hybridized carbons (Fsp3) is 0.562. The van der Waals surface area contributed by atoms with Crippen molar-refractivity contribution in [3.05, 3.63) is 42.2 Å². The highest BCUT2D eigenvalue weighted by atomic mass is 16.3. The van der Waals surface area contributed by atoms with Crippen LogP contribution in [0.25, 0.3) is 0 Å². The van der Waals surface area contributed by atoms with Gasteiger partial charge in [0.25, 0.3) is 0 Å². The summed E-state index contributed by atoms with van der Waals surface area (Å²) in [5.74, 6) is 2.38. The second-order valence-electron chi connectivity index (χ2n) is 5.86. The number of aliphatic hydroxyl groups is 1. The van der Waals surface area contributed by atoms with Crippen molar-refractivity contribution in [2.45, 2.75) is 19.4 Å². The minimum Gasteiger partial charge on any atom is -0.395 e. The molecule has 0 aliphatic heterocycles. The van der Waals surface area contributed by atoms with E-state index >= 15 is 0 Å². The highest BCUT2D eigenvalue weighted by molar-refractivity contribution is 5.11. The molecule has 2 aliphatic rings. The molecular weight excluding hydrogens is 236 g/mol. The van der Waals surface area contributed by atoms with Gasteiger partial charge in [-0.1, -0.05) is 18.2 Å². The van der Waals surface area contributed by atoms with Gasteiger partial charge in [-0.2, -0.15) is 0 Å². The van der Waals surface area contributed by atoms with Crippen LogP contribution in [0.2, 0.25) is 0 Å². The maximum absolute atomic E-state index is 9.25. The summed E-state index contributed by atoms with van der Waals surface area (Å²) in [4.78, 5) is 6.54. The molecule has 3 atom stereocenters. The minimum atomic E-state index is 0.233. The van der Waals surface area contributed by atoms with Gasteiger partial charge >= 0.3 is 0 Å². The molecule has 1 aromatic heterocycles. The maximum Gasteiger partial charge on any atom is 0.0558 e. The van der Waals surface area contributed by atoms with E-state index in [-0.39, 0.29) is 6.61 Å². The third-order valence-corrected chi connectivity index (χ3v) is 4.45. The van der Waals surface area contributed by atoms with E-state index in [9.17, 15) is 5.11 Å². The van der Waals surface area contributed by atoms with Crippen LogP contribution in [0.3, 0.4) is 0 Å². The average molecular weight is 258 g/mol. The number of hydrogen-bond donors (Lipinski definition) is 1. The monoisotopic (exact) mass is 258 g/mol. The molecule has 0 saturated heterocycles. The van der Waals surface area contributed by atoms with E-state index in [1.165, 1.54) is 18.4 Å². The van der Waals surface area contributed by atoms with Gasteiger partial charge in [0.1, 0.15) is 0 Å². The summed E-state index contributed by atoms with van der Waals surface area (Å²) in [6.07, 6.45) is 11.2. The van der Waals surface area contributed by atoms with Gasteiger partial charge in [0.05, 0.1) is 6.61 Å². The van der Waals surface area contributed by atoms with Crippen molar-refractivity contribution >= 4 is 0 Å². The van der Waals surface area contributed by atoms with E-state index in [0.29, 0.717) is 0 Å². The van der Waals surface area contributed by atoms with Gasteiger partial charge in [-0.25, -0.2) is 0 Å². The van der Waals surface area contributed by atoms with Crippen LogP contribution >= 0.6 is 0 Å². The summed E-state index contributed by atoms with van der Waals surface area (Å²) in [5, 5.41) is 9.25. The average Bonchev–Trinajstić information content (AvgIpc) is 3.02. The van der Waals surface area contributed by atoms with Crippen LogP contribution in [-0.2, 0) is 6.54 Å². The molecule has 3 rings (SSSR count). The Balaban J connectivity index is 1.60. The van der Waals surface area contributed by atoms with Gasteiger partial charge < -0.3 is 5.11 Å². The normalized spacial score (nSPS) is 28.4. The van der Waals surface area contributed by atoms with Gasteiger partial charge in [0, 0.05) is 32.0 Å². The number of rotatable bonds is 6. The number of hydrogen-bond acceptors (Lipinski definition) is 3. The Morgan fingerprint density at radius 2 is 2.26 bits per heavy atom. The summed E-state index contributed by atoms with van der Waals surface area (Å²) in [5.41, 5.74) is 1.23. The van der Waals surface area contributed by atoms with E-state index < -0.39 is 0 Å². The van der Waals surface area contributed by atoms with E-state index in [2.05, 4.69) is 28.1 Å². The van der Waals surface area contributed by atoms with Crippen LogP contribution in [0.15, 0.2) is 36.7 Å². The summed E-state index contributed by atoms with van der Waals surface area (Å²) in [6.45, 7) is 2.98. The molecule has 1 N–H and O–H groups in total. The van der Waals surface area contributed by atoms with Crippen LogP contribution < -0.4 is 0 Å². The molecule has 2 bridgehead atoms. The van der Waals surface area contributed by atoms with E-state index in [4.69, 9.17) is 0 Å². The van der Waals surface area contributed by atoms with Crippen LogP contribution in [0, 0.1) is 17.8 Å². The highest BCUT2D eigenvalue weighted by Gasteiger charge is 2.36. The van der Waals surface area contributed by atoms with Crippen LogP contribution in [0.4, 0.5) is 0 Å². The van der Waals surface area contributed by atoms with Crippen molar-refractivity contribution in [1.29, 1.82) is 0 Å². The topological polar surface area (TPSA) is 36.4 Å². The molecule has 3 nitrogen and oxygen atoms in total. The number of nitrogens with zero attached hydrogens (tertiary/aromatic N) is 2. The Labute approximate surface area is 115 Å². The number of pyridine rings is 1. The zero-order valence-corrected chi connectivity index (χ0v) is 11.3. The SMILES string of the molecule is OCCN(Cc1cccnc1)CC1CC2C=CC1C2. The minimum absolute atomic E-state index is 0.233. The first-order valence-corrected chi connectivity index (χ1v) is 7.25. The van der Waals surface area contributed by atoms with Gasteiger partial charge in [0.2, 0.25) is 0 Å². The summed E-state index contributed by atoms with van der Waals surface area (Å²) < 4.78 is 0. The number of fused-ring (bicyclic) bond motifs is 2. The lowest BCUT2D eigenvalue weighted by atomic mass is 9.93. The lowest BCUT2D eigenvalue weighted by molar-refractivity contribution is 0.161. The first-order valence-electron chi connectivity index (χ1n) is 7.25. The summed E-state index contributed by atoms with van der Waals surface area (Å²) in [7, 11) is 0. The second-order valence-corrected chi connectivity index (χ2v) is 5.86. The van der Waals surface area contributed by atoms with Crippen LogP contribution in [0.5, 0.6) is 0 Å². The van der Waals surface area contributed by atoms with Crippen molar-refractivity contribution in [3.63, 3.8) is 0 Å². The summed E-state index contributed by atoms with van der Waals surface area (Å²) >= 11 is 0. The summed E-state index contributed by atoms with van der Waals surface area (Å²) in [6, 6.07) is 4.09. The standard InChI is InChI=1S/C16H22N2O/c19-7-6-18(11-14-2-1-5-17-10-14)12-16-9-13-3-4-15(16)8-13/h1-5,10,13,15-16,19H,6-9,11-12H2. The van der Waals surface area contributed by atoms with E-state index in [0.717, 1.165) is 37.4 Å². The molecular formula is C16H22N2O. The second kappa shape index (κ2) is 5.85. The van der Waals surface area contributed by atoms with Gasteiger partial charge in [-0.05, 0) is 42.2 Å². The first-order chi connectivity index (χ1) is 9.35. The molecule has 3 unspecified atom stereocenters. The molecule has 1 heterocycles. The Morgan fingerprint density at radius 1 is 1.32 bits per heavy atom. The lowest BCUT2D eigenvalue weighted by Gasteiger charge is -2.28. The molecule has 0 spiro atoms. The van der Waals surface area contributed by atoms with Gasteiger partial charge in [-0.3, -0.25) is 9.88 Å². The largest absolute Gasteiger partial charge is 0.395 e. The fourth-order valence-electron chi connectivity index (χ4n) is 3.56. The highest BCUT2D eigenvalue weighted by Crippen LogP contribution is 2.43. The molecule has 1 aromatic rings. The van der Waals surface area contributed by atoms with Crippen molar-refractivity contribution in [3.8, 4) is 0 Å². The van der Waals surface area contributed by atoms with E-state index in [1.54, 1.807) is 6.20 Å². The molecule has 1 fully saturated rings. The van der Waals surface area contributed by atoms with Crippen LogP contribution in [-0.4, -0.2) is 34.7 Å². The molecule has 102 valence electrons. The van der Waals surface area contributed by atoms with Crippen LogP contribution in [0.1, 0.15) is 18.4 Å². The molecule has 3 heteroatoms.